The number of carbonyl (C=O) groups excluding carboxylic acids is 1. The first-order chi connectivity index (χ1) is 7.56. The van der Waals surface area contributed by atoms with Crippen LogP contribution in [0, 0.1) is 0 Å². The SMILES string of the molecule is COc1ccccc1C(=O)CS(=O)C(C)C. The van der Waals surface area contributed by atoms with Gasteiger partial charge in [0.05, 0.1) is 18.4 Å². The topological polar surface area (TPSA) is 43.4 Å². The number of Topliss-reactive ketones (excluding diaryl/α,β-unsaturated/α-hetero) is 1. The van der Waals surface area contributed by atoms with Crippen molar-refractivity contribution in [1.29, 1.82) is 0 Å². The van der Waals surface area contributed by atoms with E-state index in [-0.39, 0.29) is 16.8 Å². The summed E-state index contributed by atoms with van der Waals surface area (Å²) in [6.07, 6.45) is 0. The highest BCUT2D eigenvalue weighted by atomic mass is 32.2. The summed E-state index contributed by atoms with van der Waals surface area (Å²) in [6, 6.07) is 6.99. The summed E-state index contributed by atoms with van der Waals surface area (Å²) in [6.45, 7) is 3.68. The molecule has 1 atom stereocenters. The van der Waals surface area contributed by atoms with Crippen LogP contribution in [-0.2, 0) is 10.8 Å². The summed E-state index contributed by atoms with van der Waals surface area (Å²) in [5.41, 5.74) is 0.499. The zero-order valence-corrected chi connectivity index (χ0v) is 10.5. The zero-order valence-electron chi connectivity index (χ0n) is 9.73. The molecule has 1 rings (SSSR count). The van der Waals surface area contributed by atoms with Crippen molar-refractivity contribution in [2.45, 2.75) is 19.1 Å². The van der Waals surface area contributed by atoms with Crippen molar-refractivity contribution in [1.82, 2.24) is 0 Å². The van der Waals surface area contributed by atoms with Crippen LogP contribution in [0.2, 0.25) is 0 Å². The molecule has 4 heteroatoms. The molecule has 88 valence electrons. The van der Waals surface area contributed by atoms with E-state index in [0.717, 1.165) is 0 Å². The first-order valence-corrected chi connectivity index (χ1v) is 6.48. The molecule has 1 aromatic carbocycles. The predicted octanol–water partition coefficient (Wildman–Crippen LogP) is 2.04. The van der Waals surface area contributed by atoms with E-state index in [4.69, 9.17) is 4.74 Å². The molecule has 1 unspecified atom stereocenters. The molecule has 3 nitrogen and oxygen atoms in total. The van der Waals surface area contributed by atoms with Gasteiger partial charge < -0.3 is 4.74 Å². The van der Waals surface area contributed by atoms with Crippen LogP contribution in [0.4, 0.5) is 0 Å². The normalized spacial score (nSPS) is 12.5. The molecule has 0 radical (unpaired) electrons. The van der Waals surface area contributed by atoms with Gasteiger partial charge in [0.25, 0.3) is 0 Å². The van der Waals surface area contributed by atoms with Crippen LogP contribution in [-0.4, -0.2) is 28.1 Å². The molecular formula is C12H16O3S. The number of ether oxygens (including phenoxy) is 1. The monoisotopic (exact) mass is 240 g/mol. The van der Waals surface area contributed by atoms with E-state index in [2.05, 4.69) is 0 Å². The van der Waals surface area contributed by atoms with Crippen LogP contribution in [0.5, 0.6) is 5.75 Å². The van der Waals surface area contributed by atoms with Crippen LogP contribution in [0.25, 0.3) is 0 Å². The Morgan fingerprint density at radius 2 is 2.00 bits per heavy atom. The molecule has 1 aromatic rings. The highest BCUT2D eigenvalue weighted by Crippen LogP contribution is 2.18. The summed E-state index contributed by atoms with van der Waals surface area (Å²) < 4.78 is 16.7. The van der Waals surface area contributed by atoms with Gasteiger partial charge >= 0.3 is 0 Å². The van der Waals surface area contributed by atoms with E-state index in [1.54, 1.807) is 24.3 Å². The Balaban J connectivity index is 2.84. The Morgan fingerprint density at radius 3 is 2.56 bits per heavy atom. The van der Waals surface area contributed by atoms with Gasteiger partial charge in [-0.2, -0.15) is 0 Å². The van der Waals surface area contributed by atoms with Crippen molar-refractivity contribution in [3.8, 4) is 5.75 Å². The van der Waals surface area contributed by atoms with Crippen LogP contribution in [0.3, 0.4) is 0 Å². The number of hydrogen-bond acceptors (Lipinski definition) is 3. The third kappa shape index (κ3) is 3.17. The number of ketones is 1. The predicted molar refractivity (Wildman–Crippen MR) is 65.5 cm³/mol. The minimum atomic E-state index is -1.12. The van der Waals surface area contributed by atoms with Crippen molar-refractivity contribution in [3.05, 3.63) is 29.8 Å². The number of carbonyl (C=O) groups is 1. The molecule has 16 heavy (non-hydrogen) atoms. The zero-order chi connectivity index (χ0) is 12.1. The van der Waals surface area contributed by atoms with Crippen LogP contribution in [0.15, 0.2) is 24.3 Å². The number of para-hydroxylation sites is 1. The van der Waals surface area contributed by atoms with Crippen LogP contribution < -0.4 is 4.74 Å². The number of benzene rings is 1. The van der Waals surface area contributed by atoms with Gasteiger partial charge in [-0.1, -0.05) is 26.0 Å². The van der Waals surface area contributed by atoms with Gasteiger partial charge in [-0.25, -0.2) is 0 Å². The fourth-order valence-corrected chi connectivity index (χ4v) is 2.00. The summed E-state index contributed by atoms with van der Waals surface area (Å²) in [4.78, 5) is 11.9. The highest BCUT2D eigenvalue weighted by Gasteiger charge is 2.16. The van der Waals surface area contributed by atoms with Gasteiger partial charge in [-0.3, -0.25) is 9.00 Å². The standard InChI is InChI=1S/C12H16O3S/c1-9(2)16(14)8-11(13)10-6-4-5-7-12(10)15-3/h4-7,9H,8H2,1-3H3. The lowest BCUT2D eigenvalue weighted by Crippen LogP contribution is -2.17. The van der Waals surface area contributed by atoms with Gasteiger partial charge in [0.15, 0.2) is 5.78 Å². The van der Waals surface area contributed by atoms with E-state index in [1.165, 1.54) is 7.11 Å². The first kappa shape index (κ1) is 12.9. The number of hydrogen-bond donors (Lipinski definition) is 0. The van der Waals surface area contributed by atoms with Crippen molar-refractivity contribution in [2.24, 2.45) is 0 Å². The molecule has 0 heterocycles. The lowest BCUT2D eigenvalue weighted by molar-refractivity contribution is 0.101. The number of rotatable bonds is 5. The maximum atomic E-state index is 11.9. The lowest BCUT2D eigenvalue weighted by Gasteiger charge is -2.08. The fraction of sp³-hybridized carbons (Fsp3) is 0.417. The maximum Gasteiger partial charge on any atom is 0.179 e. The maximum absolute atomic E-state index is 11.9. The van der Waals surface area contributed by atoms with Crippen molar-refractivity contribution < 1.29 is 13.7 Å². The average Bonchev–Trinajstić information content (AvgIpc) is 2.28. The summed E-state index contributed by atoms with van der Waals surface area (Å²) in [5, 5.41) is -0.00124. The molecule has 0 amide bonds. The van der Waals surface area contributed by atoms with Crippen molar-refractivity contribution in [2.75, 3.05) is 12.9 Å². The van der Waals surface area contributed by atoms with E-state index in [0.29, 0.717) is 11.3 Å². The fourth-order valence-electron chi connectivity index (χ4n) is 1.25. The van der Waals surface area contributed by atoms with Crippen LogP contribution in [0.1, 0.15) is 24.2 Å². The molecular weight excluding hydrogens is 224 g/mol. The molecule has 0 saturated carbocycles. The summed E-state index contributed by atoms with van der Waals surface area (Å²) in [5.74, 6) is 0.454. The second kappa shape index (κ2) is 5.80. The molecule has 0 aliphatic rings. The van der Waals surface area contributed by atoms with Gasteiger partial charge in [-0.05, 0) is 12.1 Å². The van der Waals surface area contributed by atoms with Gasteiger partial charge in [-0.15, -0.1) is 0 Å². The Kier molecular flexibility index (Phi) is 4.68. The summed E-state index contributed by atoms with van der Waals surface area (Å²) in [7, 11) is 0.402. The minimum absolute atomic E-state index is 0.00124. The highest BCUT2D eigenvalue weighted by molar-refractivity contribution is 7.86. The molecule has 0 fully saturated rings. The smallest absolute Gasteiger partial charge is 0.179 e. The second-order valence-corrected chi connectivity index (χ2v) is 5.69. The average molecular weight is 240 g/mol. The first-order valence-electron chi connectivity index (χ1n) is 5.09. The van der Waals surface area contributed by atoms with Crippen molar-refractivity contribution >= 4 is 16.6 Å². The number of methoxy groups -OCH3 is 1. The Morgan fingerprint density at radius 1 is 1.38 bits per heavy atom. The molecule has 0 aromatic heterocycles. The largest absolute Gasteiger partial charge is 0.496 e. The Bertz CT molecular complexity index is 399. The van der Waals surface area contributed by atoms with E-state index < -0.39 is 10.8 Å². The van der Waals surface area contributed by atoms with Crippen LogP contribution >= 0.6 is 0 Å². The minimum Gasteiger partial charge on any atom is -0.496 e. The van der Waals surface area contributed by atoms with Crippen molar-refractivity contribution in [3.63, 3.8) is 0 Å². The molecule has 0 N–H and O–H groups in total. The molecule has 0 spiro atoms. The lowest BCUT2D eigenvalue weighted by atomic mass is 10.1. The second-order valence-electron chi connectivity index (χ2n) is 3.70. The van der Waals surface area contributed by atoms with E-state index in [9.17, 15) is 9.00 Å². The molecule has 0 aliphatic carbocycles. The van der Waals surface area contributed by atoms with Gasteiger partial charge in [0, 0.05) is 16.0 Å². The quantitative estimate of drug-likeness (QED) is 0.740. The summed E-state index contributed by atoms with van der Waals surface area (Å²) >= 11 is 0. The van der Waals surface area contributed by atoms with Gasteiger partial charge in [0.2, 0.25) is 0 Å². The third-order valence-electron chi connectivity index (χ3n) is 2.21. The van der Waals surface area contributed by atoms with E-state index >= 15 is 0 Å². The Labute approximate surface area is 98.3 Å². The molecule has 0 aliphatic heterocycles. The van der Waals surface area contributed by atoms with Gasteiger partial charge in [0.1, 0.15) is 5.75 Å². The Hall–Kier alpha value is -1.16. The van der Waals surface area contributed by atoms with E-state index in [1.807, 2.05) is 13.8 Å². The molecule has 0 saturated heterocycles. The third-order valence-corrected chi connectivity index (χ3v) is 3.80. The molecule has 0 bridgehead atoms.